The Balaban J connectivity index is 2.05. The molecule has 0 aliphatic carbocycles. The van der Waals surface area contributed by atoms with Crippen LogP contribution >= 0.6 is 15.9 Å². The second kappa shape index (κ2) is 8.61. The Hall–Kier alpha value is -1.68. The monoisotopic (exact) mass is 439 g/mol. The molecule has 2 rings (SSSR count). The summed E-state index contributed by atoms with van der Waals surface area (Å²) in [6, 6.07) is 4.02. The first-order valence-corrected chi connectivity index (χ1v) is 9.08. The largest absolute Gasteiger partial charge is 0.297 e. The van der Waals surface area contributed by atoms with E-state index < -0.39 is 22.2 Å². The second-order valence-corrected chi connectivity index (χ2v) is 6.92. The van der Waals surface area contributed by atoms with Gasteiger partial charge in [0.05, 0.1) is 10.2 Å². The van der Waals surface area contributed by atoms with E-state index in [9.17, 15) is 18.0 Å². The van der Waals surface area contributed by atoms with E-state index in [0.29, 0.717) is 5.69 Å². The number of hydrogen-bond acceptors (Lipinski definition) is 8. The summed E-state index contributed by atoms with van der Waals surface area (Å²) in [6.45, 7) is 0.200. The lowest BCUT2D eigenvalue weighted by molar-refractivity contribution is 0.0541. The number of nitrogens with zero attached hydrogens (tertiary/aromatic N) is 2. The highest BCUT2D eigenvalue weighted by Crippen LogP contribution is 2.22. The van der Waals surface area contributed by atoms with Crippen molar-refractivity contribution in [3.63, 3.8) is 0 Å². The summed E-state index contributed by atoms with van der Waals surface area (Å²) in [5.74, 6) is -0.511. The first kappa shape index (κ1) is 19.6. The second-order valence-electron chi connectivity index (χ2n) is 4.68. The minimum absolute atomic E-state index is 0.0221. The fraction of sp³-hybridized carbons (Fsp3) is 0.273. The zero-order valence-electron chi connectivity index (χ0n) is 12.5. The third-order valence-corrected chi connectivity index (χ3v) is 4.07. The molecule has 0 bridgehead atoms. The smallest absolute Gasteiger partial charge is 0.274 e. The predicted octanol–water partition coefficient (Wildman–Crippen LogP) is -0.803. The number of amidine groups is 1. The molecule has 0 spiro atoms. The van der Waals surface area contributed by atoms with Gasteiger partial charge in [0.1, 0.15) is 12.0 Å². The Morgan fingerprint density at radius 2 is 2.28 bits per heavy atom. The van der Waals surface area contributed by atoms with Crippen molar-refractivity contribution < 1.29 is 23.0 Å². The lowest BCUT2D eigenvalue weighted by atomic mass is 10.2. The standard InChI is InChI=1S/C11H15BrFN7O4S/c12-7-5-6(1-2-8(7)13)17-11(18-21)9-10(20-24-19-9)15-3-4-16-25(14,22)23/h1-2,5,10,15-16,20-21H,3-4H2,(H,17,18)(H2,14,22,23). The van der Waals surface area contributed by atoms with Gasteiger partial charge in [0, 0.05) is 13.1 Å². The highest BCUT2D eigenvalue weighted by Gasteiger charge is 2.27. The maximum atomic E-state index is 13.3. The summed E-state index contributed by atoms with van der Waals surface area (Å²) >= 11 is 3.04. The SMILES string of the molecule is NS(=O)(=O)NCCNC1NON=C1C(=Nc1ccc(F)c(Br)c1)NO. The molecule has 1 aromatic rings. The number of hydroxylamine groups is 2. The molecule has 25 heavy (non-hydrogen) atoms. The summed E-state index contributed by atoms with van der Waals surface area (Å²) < 4.78 is 37.1. The highest BCUT2D eigenvalue weighted by molar-refractivity contribution is 9.10. The minimum Gasteiger partial charge on any atom is -0.297 e. The highest BCUT2D eigenvalue weighted by atomic mass is 79.9. The van der Waals surface area contributed by atoms with Crippen LogP contribution in [0.4, 0.5) is 10.1 Å². The van der Waals surface area contributed by atoms with Crippen LogP contribution in [0, 0.1) is 5.82 Å². The normalized spacial score (nSPS) is 18.0. The Labute approximate surface area is 150 Å². The molecule has 0 amide bonds. The summed E-state index contributed by atoms with van der Waals surface area (Å²) in [5, 5.41) is 20.7. The molecule has 0 saturated carbocycles. The van der Waals surface area contributed by atoms with Crippen LogP contribution in [0.5, 0.6) is 0 Å². The Morgan fingerprint density at radius 1 is 1.52 bits per heavy atom. The maximum Gasteiger partial charge on any atom is 0.274 e. The fourth-order valence-corrected chi connectivity index (χ4v) is 2.54. The number of nitrogens with two attached hydrogens (primary N) is 1. The number of oxime groups is 1. The lowest BCUT2D eigenvalue weighted by Crippen LogP contribution is -2.50. The first-order chi connectivity index (χ1) is 11.8. The number of benzene rings is 1. The van der Waals surface area contributed by atoms with Crippen molar-refractivity contribution >= 4 is 43.4 Å². The molecule has 1 atom stereocenters. The van der Waals surface area contributed by atoms with E-state index in [1.54, 1.807) is 0 Å². The van der Waals surface area contributed by atoms with E-state index in [2.05, 4.69) is 41.6 Å². The minimum atomic E-state index is -3.79. The van der Waals surface area contributed by atoms with Crippen LogP contribution < -0.4 is 26.1 Å². The molecule has 7 N–H and O–H groups in total. The van der Waals surface area contributed by atoms with Gasteiger partial charge in [-0.3, -0.25) is 20.9 Å². The summed E-state index contributed by atoms with van der Waals surface area (Å²) in [5.41, 5.74) is 4.90. The molecular formula is C11H15BrFN7O4S. The van der Waals surface area contributed by atoms with E-state index in [1.165, 1.54) is 18.2 Å². The van der Waals surface area contributed by atoms with Gasteiger partial charge in [0.15, 0.2) is 11.5 Å². The van der Waals surface area contributed by atoms with Crippen LogP contribution in [-0.4, -0.2) is 44.4 Å². The molecule has 14 heteroatoms. The number of halogens is 2. The topological polar surface area (TPSA) is 162 Å². The third kappa shape index (κ3) is 5.96. The predicted molar refractivity (Wildman–Crippen MR) is 90.7 cm³/mol. The van der Waals surface area contributed by atoms with Crippen molar-refractivity contribution in [3.8, 4) is 0 Å². The van der Waals surface area contributed by atoms with Crippen molar-refractivity contribution in [2.24, 2.45) is 15.3 Å². The van der Waals surface area contributed by atoms with Crippen LogP contribution in [0.2, 0.25) is 0 Å². The molecule has 0 radical (unpaired) electrons. The summed E-state index contributed by atoms with van der Waals surface area (Å²) in [4.78, 5) is 8.86. The maximum absolute atomic E-state index is 13.3. The zero-order chi connectivity index (χ0) is 18.4. The molecule has 1 aliphatic heterocycles. The Bertz CT molecular complexity index is 789. The van der Waals surface area contributed by atoms with Gasteiger partial charge in [0.25, 0.3) is 10.2 Å². The van der Waals surface area contributed by atoms with E-state index >= 15 is 0 Å². The van der Waals surface area contributed by atoms with Gasteiger partial charge in [0.2, 0.25) is 0 Å². The molecule has 0 saturated heterocycles. The number of rotatable bonds is 7. The zero-order valence-corrected chi connectivity index (χ0v) is 14.9. The molecule has 0 fully saturated rings. The summed E-state index contributed by atoms with van der Waals surface area (Å²) in [7, 11) is -3.79. The molecule has 138 valence electrons. The van der Waals surface area contributed by atoms with Crippen molar-refractivity contribution in [2.75, 3.05) is 13.1 Å². The van der Waals surface area contributed by atoms with E-state index in [-0.39, 0.29) is 29.1 Å². The van der Waals surface area contributed by atoms with Gasteiger partial charge in [-0.1, -0.05) is 5.16 Å². The quantitative estimate of drug-likeness (QED) is 0.140. The molecule has 1 aliphatic rings. The van der Waals surface area contributed by atoms with Crippen molar-refractivity contribution in [2.45, 2.75) is 6.17 Å². The van der Waals surface area contributed by atoms with Crippen molar-refractivity contribution in [1.82, 2.24) is 21.0 Å². The van der Waals surface area contributed by atoms with Crippen molar-refractivity contribution in [1.29, 1.82) is 0 Å². The molecule has 11 nitrogen and oxygen atoms in total. The van der Waals surface area contributed by atoms with Gasteiger partial charge >= 0.3 is 0 Å². The van der Waals surface area contributed by atoms with Crippen LogP contribution in [0.15, 0.2) is 32.8 Å². The Kier molecular flexibility index (Phi) is 6.77. The van der Waals surface area contributed by atoms with Crippen molar-refractivity contribution in [3.05, 3.63) is 28.5 Å². The van der Waals surface area contributed by atoms with E-state index in [4.69, 9.17) is 10.1 Å². The fourth-order valence-electron chi connectivity index (χ4n) is 1.79. The Morgan fingerprint density at radius 3 is 2.92 bits per heavy atom. The van der Waals surface area contributed by atoms with Crippen LogP contribution in [0.3, 0.4) is 0 Å². The molecular weight excluding hydrogens is 425 g/mol. The van der Waals surface area contributed by atoms with Gasteiger partial charge < -0.3 is 0 Å². The van der Waals surface area contributed by atoms with E-state index in [1.807, 2.05) is 5.48 Å². The van der Waals surface area contributed by atoms with Crippen LogP contribution in [-0.2, 0) is 15.1 Å². The first-order valence-electron chi connectivity index (χ1n) is 6.74. The molecule has 1 unspecified atom stereocenters. The average molecular weight is 440 g/mol. The lowest BCUT2D eigenvalue weighted by Gasteiger charge is -2.14. The van der Waals surface area contributed by atoms with Crippen LogP contribution in [0.25, 0.3) is 0 Å². The van der Waals surface area contributed by atoms with Gasteiger partial charge in [-0.15, -0.1) is 5.48 Å². The summed E-state index contributed by atoms with van der Waals surface area (Å²) in [6.07, 6.45) is -0.690. The molecule has 1 aromatic carbocycles. The number of aliphatic imine (C=N–C) groups is 1. The number of nitrogens with one attached hydrogen (secondary N) is 4. The molecule has 1 heterocycles. The van der Waals surface area contributed by atoms with E-state index in [0.717, 1.165) is 0 Å². The van der Waals surface area contributed by atoms with Gasteiger partial charge in [-0.25, -0.2) is 19.2 Å². The van der Waals surface area contributed by atoms with Crippen LogP contribution in [0.1, 0.15) is 0 Å². The van der Waals surface area contributed by atoms with Gasteiger partial charge in [-0.2, -0.15) is 8.42 Å². The van der Waals surface area contributed by atoms with Gasteiger partial charge in [-0.05, 0) is 34.1 Å². The molecule has 0 aromatic heterocycles. The third-order valence-electron chi connectivity index (χ3n) is 2.86. The average Bonchev–Trinajstić information content (AvgIpc) is 3.00. The number of hydrogen-bond donors (Lipinski definition) is 6.